The fraction of sp³-hybridized carbons (Fsp3) is 0.455. The van der Waals surface area contributed by atoms with Crippen LogP contribution in [0.1, 0.15) is 12.8 Å². The van der Waals surface area contributed by atoms with Crippen LogP contribution in [0, 0.1) is 5.82 Å². The average molecular weight is 405 g/mol. The fourth-order valence-corrected chi connectivity index (χ4v) is 3.41. The smallest absolute Gasteiger partial charge is 0.203 e. The van der Waals surface area contributed by atoms with Crippen molar-refractivity contribution in [1.82, 2.24) is 4.90 Å². The third-order valence-corrected chi connectivity index (χ3v) is 4.92. The van der Waals surface area contributed by atoms with E-state index < -0.39 is 6.10 Å². The van der Waals surface area contributed by atoms with Gasteiger partial charge in [-0.25, -0.2) is 4.39 Å². The van der Waals surface area contributed by atoms with Crippen molar-refractivity contribution in [3.63, 3.8) is 0 Å². The van der Waals surface area contributed by atoms with E-state index in [2.05, 4.69) is 4.90 Å². The molecule has 6 nitrogen and oxygen atoms in total. The molecule has 1 atom stereocenters. The summed E-state index contributed by atoms with van der Waals surface area (Å²) >= 11 is 0. The first-order valence-electron chi connectivity index (χ1n) is 9.75. The number of halogens is 1. The average Bonchev–Trinajstić information content (AvgIpc) is 2.75. The minimum atomic E-state index is -0.640. The van der Waals surface area contributed by atoms with Crippen LogP contribution in [-0.2, 0) is 0 Å². The first-order valence-corrected chi connectivity index (χ1v) is 9.75. The second-order valence-corrected chi connectivity index (χ2v) is 7.03. The Kier molecular flexibility index (Phi) is 7.55. The van der Waals surface area contributed by atoms with Gasteiger partial charge in [0.2, 0.25) is 5.75 Å². The van der Waals surface area contributed by atoms with Crippen LogP contribution in [0.5, 0.6) is 23.0 Å². The molecule has 29 heavy (non-hydrogen) atoms. The molecule has 1 fully saturated rings. The van der Waals surface area contributed by atoms with Crippen molar-refractivity contribution in [2.75, 3.05) is 40.5 Å². The molecule has 7 heteroatoms. The van der Waals surface area contributed by atoms with Crippen LogP contribution in [0.4, 0.5) is 4.39 Å². The first kappa shape index (κ1) is 21.2. The number of nitrogens with zero attached hydrogens (tertiary/aromatic N) is 1. The fourth-order valence-electron chi connectivity index (χ4n) is 3.41. The highest BCUT2D eigenvalue weighted by Gasteiger charge is 2.23. The lowest BCUT2D eigenvalue weighted by atomic mass is 10.1. The lowest BCUT2D eigenvalue weighted by molar-refractivity contribution is 0.0391. The second kappa shape index (κ2) is 10.3. The lowest BCUT2D eigenvalue weighted by Gasteiger charge is -2.33. The van der Waals surface area contributed by atoms with E-state index in [1.807, 2.05) is 6.07 Å². The molecule has 0 radical (unpaired) electrons. The molecule has 0 amide bonds. The number of piperidine rings is 1. The van der Waals surface area contributed by atoms with Gasteiger partial charge in [-0.2, -0.15) is 0 Å². The number of rotatable bonds is 9. The van der Waals surface area contributed by atoms with Crippen molar-refractivity contribution in [3.05, 3.63) is 48.3 Å². The van der Waals surface area contributed by atoms with Gasteiger partial charge < -0.3 is 29.0 Å². The molecular formula is C22H28FNO5. The molecule has 1 aliphatic rings. The Labute approximate surface area is 170 Å². The predicted molar refractivity (Wildman–Crippen MR) is 108 cm³/mol. The zero-order chi connectivity index (χ0) is 20.6. The predicted octanol–water partition coefficient (Wildman–Crippen LogP) is 3.13. The van der Waals surface area contributed by atoms with Crippen molar-refractivity contribution in [2.24, 2.45) is 0 Å². The van der Waals surface area contributed by atoms with E-state index in [0.29, 0.717) is 29.5 Å². The van der Waals surface area contributed by atoms with E-state index in [0.717, 1.165) is 25.9 Å². The summed E-state index contributed by atoms with van der Waals surface area (Å²) in [4.78, 5) is 2.19. The van der Waals surface area contributed by atoms with Crippen LogP contribution in [0.2, 0.25) is 0 Å². The number of para-hydroxylation sites is 1. The number of benzene rings is 2. The van der Waals surface area contributed by atoms with Gasteiger partial charge in [-0.3, -0.25) is 0 Å². The molecule has 158 valence electrons. The van der Waals surface area contributed by atoms with Crippen molar-refractivity contribution in [1.29, 1.82) is 0 Å². The maximum absolute atomic E-state index is 13.0. The Morgan fingerprint density at radius 1 is 1.03 bits per heavy atom. The normalized spacial score (nSPS) is 16.3. The summed E-state index contributed by atoms with van der Waals surface area (Å²) < 4.78 is 35.3. The molecule has 1 N–H and O–H groups in total. The third kappa shape index (κ3) is 5.98. The van der Waals surface area contributed by atoms with E-state index in [4.69, 9.17) is 18.9 Å². The molecule has 3 rings (SSSR count). The van der Waals surface area contributed by atoms with E-state index in [1.54, 1.807) is 38.5 Å². The zero-order valence-corrected chi connectivity index (χ0v) is 16.8. The topological polar surface area (TPSA) is 60.4 Å². The highest BCUT2D eigenvalue weighted by Crippen LogP contribution is 2.36. The monoisotopic (exact) mass is 405 g/mol. The highest BCUT2D eigenvalue weighted by atomic mass is 19.1. The molecule has 0 bridgehead atoms. The minimum Gasteiger partial charge on any atom is -0.493 e. The molecule has 0 aromatic heterocycles. The van der Waals surface area contributed by atoms with Gasteiger partial charge in [-0.15, -0.1) is 0 Å². The largest absolute Gasteiger partial charge is 0.493 e. The Balaban J connectivity index is 1.43. The number of aliphatic hydroxyl groups is 1. The number of aliphatic hydroxyl groups excluding tert-OH is 1. The summed E-state index contributed by atoms with van der Waals surface area (Å²) in [5.41, 5.74) is 0. The first-order chi connectivity index (χ1) is 14.1. The summed E-state index contributed by atoms with van der Waals surface area (Å²) in [5.74, 6) is 2.03. The van der Waals surface area contributed by atoms with Crippen molar-refractivity contribution >= 4 is 0 Å². The zero-order valence-electron chi connectivity index (χ0n) is 16.8. The van der Waals surface area contributed by atoms with Gasteiger partial charge in [0, 0.05) is 19.6 Å². The molecule has 0 spiro atoms. The number of methoxy groups -OCH3 is 2. The number of hydrogen-bond donors (Lipinski definition) is 1. The van der Waals surface area contributed by atoms with Gasteiger partial charge in [0.1, 0.15) is 30.4 Å². The van der Waals surface area contributed by atoms with Crippen LogP contribution >= 0.6 is 0 Å². The van der Waals surface area contributed by atoms with Gasteiger partial charge in [0.25, 0.3) is 0 Å². The van der Waals surface area contributed by atoms with Crippen LogP contribution in [0.25, 0.3) is 0 Å². The Hall–Kier alpha value is -2.51. The number of ether oxygens (including phenoxy) is 4. The van der Waals surface area contributed by atoms with Gasteiger partial charge in [-0.05, 0) is 49.2 Å². The van der Waals surface area contributed by atoms with Gasteiger partial charge >= 0.3 is 0 Å². The van der Waals surface area contributed by atoms with Crippen LogP contribution < -0.4 is 18.9 Å². The summed E-state index contributed by atoms with van der Waals surface area (Å²) in [6.07, 6.45) is 1.17. The number of likely N-dealkylation sites (tertiary alicyclic amines) is 1. The molecule has 1 saturated heterocycles. The van der Waals surface area contributed by atoms with E-state index >= 15 is 0 Å². The second-order valence-electron chi connectivity index (χ2n) is 7.03. The van der Waals surface area contributed by atoms with Crippen molar-refractivity contribution in [2.45, 2.75) is 25.0 Å². The standard InChI is InChI=1S/C22H28FNO5/c1-26-20-4-3-5-21(27-2)22(20)28-15-17(25)14-24-12-10-19(11-13-24)29-18-8-6-16(23)7-9-18/h3-9,17,19,25H,10-15H2,1-2H3. The lowest BCUT2D eigenvalue weighted by Crippen LogP contribution is -2.43. The maximum Gasteiger partial charge on any atom is 0.203 e. The number of hydrogen-bond acceptors (Lipinski definition) is 6. The molecule has 1 unspecified atom stereocenters. The van der Waals surface area contributed by atoms with Crippen molar-refractivity contribution in [3.8, 4) is 23.0 Å². The Morgan fingerprint density at radius 3 is 2.24 bits per heavy atom. The van der Waals surface area contributed by atoms with Crippen LogP contribution in [0.15, 0.2) is 42.5 Å². The van der Waals surface area contributed by atoms with E-state index in [-0.39, 0.29) is 18.5 Å². The van der Waals surface area contributed by atoms with Gasteiger partial charge in [0.05, 0.1) is 14.2 Å². The SMILES string of the molecule is COc1cccc(OC)c1OCC(O)CN1CCC(Oc2ccc(F)cc2)CC1. The summed E-state index contributed by atoms with van der Waals surface area (Å²) in [7, 11) is 3.13. The molecule has 0 aliphatic carbocycles. The van der Waals surface area contributed by atoms with Crippen LogP contribution in [0.3, 0.4) is 0 Å². The summed E-state index contributed by atoms with van der Waals surface area (Å²) in [6, 6.07) is 11.5. The third-order valence-electron chi connectivity index (χ3n) is 4.92. The highest BCUT2D eigenvalue weighted by molar-refractivity contribution is 5.51. The molecule has 1 heterocycles. The summed E-state index contributed by atoms with van der Waals surface area (Å²) in [6.45, 7) is 2.30. The number of β-amino-alcohol motifs (C(OH)–C–C–N with tert-alkyl or cyclic N) is 1. The molecule has 1 aliphatic heterocycles. The molecule has 0 saturated carbocycles. The maximum atomic E-state index is 13.0. The minimum absolute atomic E-state index is 0.0999. The van der Waals surface area contributed by atoms with Crippen molar-refractivity contribution < 1.29 is 28.4 Å². The van der Waals surface area contributed by atoms with Crippen LogP contribution in [-0.4, -0.2) is 62.7 Å². The Morgan fingerprint density at radius 2 is 1.66 bits per heavy atom. The van der Waals surface area contributed by atoms with E-state index in [1.165, 1.54) is 12.1 Å². The van der Waals surface area contributed by atoms with Gasteiger partial charge in [0.15, 0.2) is 11.5 Å². The molecule has 2 aromatic carbocycles. The summed E-state index contributed by atoms with van der Waals surface area (Å²) in [5, 5.41) is 10.4. The van der Waals surface area contributed by atoms with E-state index in [9.17, 15) is 9.50 Å². The molecular weight excluding hydrogens is 377 g/mol. The van der Waals surface area contributed by atoms with Gasteiger partial charge in [-0.1, -0.05) is 6.07 Å². The Bertz CT molecular complexity index is 740. The molecule has 2 aromatic rings. The quantitative estimate of drug-likeness (QED) is 0.692.